The van der Waals surface area contributed by atoms with E-state index in [4.69, 9.17) is 9.47 Å². The van der Waals surface area contributed by atoms with Crippen LogP contribution < -0.4 is 4.74 Å². The van der Waals surface area contributed by atoms with Gasteiger partial charge in [-0.2, -0.15) is 0 Å². The van der Waals surface area contributed by atoms with Gasteiger partial charge >= 0.3 is 0 Å². The van der Waals surface area contributed by atoms with Gasteiger partial charge in [0, 0.05) is 11.5 Å². The van der Waals surface area contributed by atoms with Crippen LogP contribution >= 0.6 is 0 Å². The van der Waals surface area contributed by atoms with Crippen LogP contribution in [0.15, 0.2) is 36.4 Å². The van der Waals surface area contributed by atoms with Gasteiger partial charge in [-0.15, -0.1) is 0 Å². The van der Waals surface area contributed by atoms with Crippen LogP contribution in [0.1, 0.15) is 63.0 Å². The van der Waals surface area contributed by atoms with Crippen LogP contribution in [0, 0.1) is 5.82 Å². The number of rotatable bonds is 7. The van der Waals surface area contributed by atoms with E-state index in [1.54, 1.807) is 36.4 Å². The molecule has 1 fully saturated rings. The van der Waals surface area contributed by atoms with Crippen molar-refractivity contribution in [2.75, 3.05) is 13.2 Å². The molecule has 3 rings (SSSR count). The summed E-state index contributed by atoms with van der Waals surface area (Å²) >= 11 is 0. The predicted octanol–water partition coefficient (Wildman–Crippen LogP) is 6.89. The van der Waals surface area contributed by atoms with E-state index >= 15 is 4.39 Å². The predicted molar refractivity (Wildman–Crippen MR) is 105 cm³/mol. The van der Waals surface area contributed by atoms with Crippen molar-refractivity contribution in [1.82, 2.24) is 0 Å². The molecule has 0 aromatic heterocycles. The van der Waals surface area contributed by atoms with Crippen molar-refractivity contribution in [3.8, 4) is 16.9 Å². The van der Waals surface area contributed by atoms with Crippen LogP contribution in [0.3, 0.4) is 0 Å². The highest BCUT2D eigenvalue weighted by atomic mass is 19.3. The largest absolute Gasteiger partial charge is 0.494 e. The highest BCUT2D eigenvalue weighted by molar-refractivity contribution is 5.67. The van der Waals surface area contributed by atoms with Gasteiger partial charge in [0.15, 0.2) is 0 Å². The van der Waals surface area contributed by atoms with Crippen LogP contribution in [0.4, 0.5) is 13.2 Å². The van der Waals surface area contributed by atoms with Gasteiger partial charge in [-0.1, -0.05) is 37.6 Å². The van der Waals surface area contributed by atoms with Crippen molar-refractivity contribution in [3.63, 3.8) is 0 Å². The standard InChI is InChI=1S/C23H27F3O2/c1-3-5-17-11-8-16(14-28-17)19-12-13-20(22(24)21(19)23(25)26)15-6-9-18(10-7-15)27-4-2/h6-7,9-10,12-13,16-17,23H,3-5,8,11,14H2,1-2H3. The molecule has 0 aliphatic carbocycles. The quantitative estimate of drug-likeness (QED) is 0.511. The first kappa shape index (κ1) is 20.7. The fourth-order valence-electron chi connectivity index (χ4n) is 3.91. The van der Waals surface area contributed by atoms with Gasteiger partial charge in [0.2, 0.25) is 0 Å². The number of halogens is 3. The summed E-state index contributed by atoms with van der Waals surface area (Å²) < 4.78 is 53.9. The third-order valence-electron chi connectivity index (χ3n) is 5.33. The number of hydrogen-bond acceptors (Lipinski definition) is 2. The third-order valence-corrected chi connectivity index (χ3v) is 5.33. The van der Waals surface area contributed by atoms with E-state index in [0.717, 1.165) is 25.7 Å². The highest BCUT2D eigenvalue weighted by Crippen LogP contribution is 2.39. The normalized spacial score (nSPS) is 19.8. The first-order chi connectivity index (χ1) is 13.5. The summed E-state index contributed by atoms with van der Waals surface area (Å²) in [5.74, 6) is -0.369. The second-order valence-electron chi connectivity index (χ2n) is 7.21. The zero-order chi connectivity index (χ0) is 20.1. The molecule has 0 radical (unpaired) electrons. The fourth-order valence-corrected chi connectivity index (χ4v) is 3.91. The summed E-state index contributed by atoms with van der Waals surface area (Å²) in [5.41, 5.74) is 0.617. The minimum absolute atomic E-state index is 0.183. The van der Waals surface area contributed by atoms with Gasteiger partial charge in [-0.25, -0.2) is 13.2 Å². The number of alkyl halides is 2. The van der Waals surface area contributed by atoms with E-state index < -0.39 is 17.8 Å². The van der Waals surface area contributed by atoms with E-state index in [9.17, 15) is 8.78 Å². The average Bonchev–Trinajstić information content (AvgIpc) is 2.69. The molecule has 0 amide bonds. The molecule has 1 aliphatic rings. The molecule has 1 heterocycles. The van der Waals surface area contributed by atoms with Crippen molar-refractivity contribution in [1.29, 1.82) is 0 Å². The van der Waals surface area contributed by atoms with Crippen LogP contribution in [-0.4, -0.2) is 19.3 Å². The van der Waals surface area contributed by atoms with Gasteiger partial charge in [-0.3, -0.25) is 0 Å². The molecule has 2 aromatic carbocycles. The van der Waals surface area contributed by atoms with E-state index in [2.05, 4.69) is 6.92 Å². The Hall–Kier alpha value is -2.01. The molecule has 0 saturated carbocycles. The van der Waals surface area contributed by atoms with E-state index in [1.807, 2.05) is 6.92 Å². The van der Waals surface area contributed by atoms with E-state index in [-0.39, 0.29) is 17.6 Å². The van der Waals surface area contributed by atoms with E-state index in [0.29, 0.717) is 30.1 Å². The summed E-state index contributed by atoms with van der Waals surface area (Å²) in [5, 5.41) is 0. The Morgan fingerprint density at radius 1 is 1.07 bits per heavy atom. The van der Waals surface area contributed by atoms with Gasteiger partial charge in [-0.05, 0) is 49.4 Å². The molecule has 28 heavy (non-hydrogen) atoms. The lowest BCUT2D eigenvalue weighted by Gasteiger charge is -2.30. The maximum absolute atomic E-state index is 15.1. The maximum Gasteiger partial charge on any atom is 0.266 e. The zero-order valence-corrected chi connectivity index (χ0v) is 16.4. The second-order valence-corrected chi connectivity index (χ2v) is 7.21. The third kappa shape index (κ3) is 4.52. The molecule has 1 aliphatic heterocycles. The Morgan fingerprint density at radius 2 is 1.82 bits per heavy atom. The van der Waals surface area contributed by atoms with Crippen LogP contribution in [0.2, 0.25) is 0 Å². The van der Waals surface area contributed by atoms with Crippen molar-refractivity contribution in [3.05, 3.63) is 53.3 Å². The Labute approximate surface area is 164 Å². The Morgan fingerprint density at radius 3 is 2.39 bits per heavy atom. The zero-order valence-electron chi connectivity index (χ0n) is 16.4. The monoisotopic (exact) mass is 392 g/mol. The molecule has 2 aromatic rings. The SMILES string of the molecule is CCCC1CCC(c2ccc(-c3ccc(OCC)cc3)c(F)c2C(F)F)CO1. The second kappa shape index (κ2) is 9.46. The van der Waals surface area contributed by atoms with Crippen molar-refractivity contribution < 1.29 is 22.6 Å². The van der Waals surface area contributed by atoms with Crippen molar-refractivity contribution in [2.24, 2.45) is 0 Å². The molecular weight excluding hydrogens is 365 g/mol. The van der Waals surface area contributed by atoms with Crippen molar-refractivity contribution in [2.45, 2.75) is 58.0 Å². The minimum atomic E-state index is -2.87. The van der Waals surface area contributed by atoms with Gasteiger partial charge < -0.3 is 9.47 Å². The summed E-state index contributed by atoms with van der Waals surface area (Å²) in [6.07, 6.45) is 0.883. The van der Waals surface area contributed by atoms with E-state index in [1.165, 1.54) is 0 Å². The molecular formula is C23H27F3O2. The highest BCUT2D eigenvalue weighted by Gasteiger charge is 2.29. The smallest absolute Gasteiger partial charge is 0.266 e. The molecule has 0 N–H and O–H groups in total. The van der Waals surface area contributed by atoms with Gasteiger partial charge in [0.05, 0.1) is 24.9 Å². The Kier molecular flexibility index (Phi) is 7.00. The summed E-state index contributed by atoms with van der Waals surface area (Å²) in [4.78, 5) is 0. The summed E-state index contributed by atoms with van der Waals surface area (Å²) in [7, 11) is 0. The molecule has 1 saturated heterocycles. The molecule has 0 spiro atoms. The lowest BCUT2D eigenvalue weighted by atomic mass is 9.86. The van der Waals surface area contributed by atoms with Crippen LogP contribution in [0.5, 0.6) is 5.75 Å². The lowest BCUT2D eigenvalue weighted by molar-refractivity contribution is -0.00190. The Balaban J connectivity index is 1.89. The van der Waals surface area contributed by atoms with Crippen LogP contribution in [0.25, 0.3) is 11.1 Å². The van der Waals surface area contributed by atoms with Gasteiger partial charge in [0.1, 0.15) is 11.6 Å². The fraction of sp³-hybridized carbons (Fsp3) is 0.478. The topological polar surface area (TPSA) is 18.5 Å². The summed E-state index contributed by atoms with van der Waals surface area (Å²) in [6.45, 7) is 4.87. The van der Waals surface area contributed by atoms with Crippen molar-refractivity contribution >= 4 is 0 Å². The Bertz CT molecular complexity index is 766. The molecule has 2 unspecified atom stereocenters. The average molecular weight is 392 g/mol. The summed E-state index contributed by atoms with van der Waals surface area (Å²) in [6, 6.07) is 10.1. The van der Waals surface area contributed by atoms with Gasteiger partial charge in [0.25, 0.3) is 6.43 Å². The number of benzene rings is 2. The first-order valence-corrected chi connectivity index (χ1v) is 10.00. The lowest BCUT2D eigenvalue weighted by Crippen LogP contribution is -2.25. The number of hydrogen-bond donors (Lipinski definition) is 0. The molecule has 2 atom stereocenters. The molecule has 5 heteroatoms. The molecule has 152 valence electrons. The minimum Gasteiger partial charge on any atom is -0.494 e. The molecule has 0 bridgehead atoms. The first-order valence-electron chi connectivity index (χ1n) is 10.00. The van der Waals surface area contributed by atoms with Crippen LogP contribution in [-0.2, 0) is 4.74 Å². The molecule has 2 nitrogen and oxygen atoms in total. The maximum atomic E-state index is 15.1. The number of ether oxygens (including phenoxy) is 2.